The van der Waals surface area contributed by atoms with Crippen LogP contribution in [-0.4, -0.2) is 22.3 Å². The Kier molecular flexibility index (Phi) is 6.84. The SMILES string of the molecule is CC(C)CCCC(C)Nc1nnc(CNC(C)C)o1. The number of nitrogens with zero attached hydrogens (tertiary/aromatic N) is 2. The van der Waals surface area contributed by atoms with E-state index in [4.69, 9.17) is 4.42 Å². The molecule has 1 rings (SSSR count). The number of nitrogens with one attached hydrogen (secondary N) is 2. The summed E-state index contributed by atoms with van der Waals surface area (Å²) in [6.45, 7) is 11.5. The maximum Gasteiger partial charge on any atom is 0.315 e. The minimum Gasteiger partial charge on any atom is -0.407 e. The van der Waals surface area contributed by atoms with Crippen LogP contribution in [0.25, 0.3) is 0 Å². The molecule has 1 unspecified atom stereocenters. The van der Waals surface area contributed by atoms with Gasteiger partial charge in [-0.25, -0.2) is 0 Å². The lowest BCUT2D eigenvalue weighted by molar-refractivity contribution is 0.452. The lowest BCUT2D eigenvalue weighted by atomic mass is 10.0. The fourth-order valence-corrected chi connectivity index (χ4v) is 1.79. The van der Waals surface area contributed by atoms with Crippen LogP contribution >= 0.6 is 0 Å². The van der Waals surface area contributed by atoms with Gasteiger partial charge in [0.15, 0.2) is 0 Å². The highest BCUT2D eigenvalue weighted by Gasteiger charge is 2.09. The van der Waals surface area contributed by atoms with Gasteiger partial charge in [0, 0.05) is 12.1 Å². The molecule has 0 amide bonds. The van der Waals surface area contributed by atoms with E-state index in [0.29, 0.717) is 30.5 Å². The molecule has 1 heterocycles. The topological polar surface area (TPSA) is 63.0 Å². The summed E-state index contributed by atoms with van der Waals surface area (Å²) in [6.07, 6.45) is 3.61. The highest BCUT2D eigenvalue weighted by molar-refractivity contribution is 5.18. The predicted octanol–water partition coefficient (Wildman–Crippen LogP) is 3.19. The number of aromatic nitrogens is 2. The predicted molar refractivity (Wildman–Crippen MR) is 78.0 cm³/mol. The van der Waals surface area contributed by atoms with E-state index in [9.17, 15) is 0 Å². The second-order valence-corrected chi connectivity index (χ2v) is 5.91. The minimum absolute atomic E-state index is 0.366. The molecule has 110 valence electrons. The quantitative estimate of drug-likeness (QED) is 0.720. The Bertz CT molecular complexity index is 349. The Hall–Kier alpha value is -1.10. The van der Waals surface area contributed by atoms with E-state index < -0.39 is 0 Å². The van der Waals surface area contributed by atoms with Crippen LogP contribution in [0.2, 0.25) is 0 Å². The normalized spacial score (nSPS) is 13.2. The third-order valence-electron chi connectivity index (χ3n) is 2.92. The maximum atomic E-state index is 5.54. The van der Waals surface area contributed by atoms with Crippen molar-refractivity contribution in [1.29, 1.82) is 0 Å². The van der Waals surface area contributed by atoms with Crippen molar-refractivity contribution in [3.63, 3.8) is 0 Å². The van der Waals surface area contributed by atoms with Gasteiger partial charge < -0.3 is 15.1 Å². The van der Waals surface area contributed by atoms with Crippen LogP contribution in [-0.2, 0) is 6.54 Å². The van der Waals surface area contributed by atoms with Crippen LogP contribution in [0, 0.1) is 5.92 Å². The Morgan fingerprint density at radius 1 is 1.05 bits per heavy atom. The molecule has 0 aliphatic carbocycles. The van der Waals surface area contributed by atoms with Crippen LogP contribution in [0.4, 0.5) is 6.01 Å². The first-order valence-electron chi connectivity index (χ1n) is 7.29. The second kappa shape index (κ2) is 8.15. The number of hydrogen-bond donors (Lipinski definition) is 2. The Labute approximate surface area is 116 Å². The molecular weight excluding hydrogens is 240 g/mol. The number of hydrogen-bond acceptors (Lipinski definition) is 5. The summed E-state index contributed by atoms with van der Waals surface area (Å²) >= 11 is 0. The van der Waals surface area contributed by atoms with Crippen molar-refractivity contribution in [2.45, 2.75) is 72.5 Å². The second-order valence-electron chi connectivity index (χ2n) is 5.91. The van der Waals surface area contributed by atoms with Gasteiger partial charge in [0.25, 0.3) is 0 Å². The van der Waals surface area contributed by atoms with Crippen LogP contribution < -0.4 is 10.6 Å². The van der Waals surface area contributed by atoms with Crippen LogP contribution in [0.1, 0.15) is 59.8 Å². The van der Waals surface area contributed by atoms with Crippen molar-refractivity contribution in [2.75, 3.05) is 5.32 Å². The first-order valence-corrected chi connectivity index (χ1v) is 7.29. The highest BCUT2D eigenvalue weighted by Crippen LogP contribution is 2.12. The molecule has 0 spiro atoms. The van der Waals surface area contributed by atoms with Crippen LogP contribution in [0.3, 0.4) is 0 Å². The Balaban J connectivity index is 2.28. The van der Waals surface area contributed by atoms with Crippen molar-refractivity contribution in [3.05, 3.63) is 5.89 Å². The summed E-state index contributed by atoms with van der Waals surface area (Å²) in [7, 11) is 0. The Morgan fingerprint density at radius 3 is 2.42 bits per heavy atom. The average molecular weight is 268 g/mol. The zero-order chi connectivity index (χ0) is 14.3. The van der Waals surface area contributed by atoms with Gasteiger partial charge in [0.1, 0.15) is 0 Å². The van der Waals surface area contributed by atoms with Crippen molar-refractivity contribution in [2.24, 2.45) is 5.92 Å². The van der Waals surface area contributed by atoms with Crippen molar-refractivity contribution in [1.82, 2.24) is 15.5 Å². The molecule has 2 N–H and O–H groups in total. The van der Waals surface area contributed by atoms with Crippen molar-refractivity contribution >= 4 is 6.01 Å². The lowest BCUT2D eigenvalue weighted by Gasteiger charge is -2.12. The zero-order valence-electron chi connectivity index (χ0n) is 12.9. The third-order valence-corrected chi connectivity index (χ3v) is 2.92. The first kappa shape index (κ1) is 16.0. The van der Waals surface area contributed by atoms with Gasteiger partial charge in [-0.15, -0.1) is 5.10 Å². The van der Waals surface area contributed by atoms with E-state index in [1.165, 1.54) is 12.8 Å². The fourth-order valence-electron chi connectivity index (χ4n) is 1.79. The molecule has 0 fully saturated rings. The van der Waals surface area contributed by atoms with Crippen molar-refractivity contribution < 1.29 is 4.42 Å². The molecule has 1 atom stereocenters. The van der Waals surface area contributed by atoms with E-state index in [-0.39, 0.29) is 0 Å². The summed E-state index contributed by atoms with van der Waals surface area (Å²) in [4.78, 5) is 0. The standard InChI is InChI=1S/C14H28N4O/c1-10(2)7-6-8-12(5)16-14-18-17-13(19-14)9-15-11(3)4/h10-12,15H,6-9H2,1-5H3,(H,16,18). The van der Waals surface area contributed by atoms with Crippen molar-refractivity contribution in [3.8, 4) is 0 Å². The fraction of sp³-hybridized carbons (Fsp3) is 0.857. The average Bonchev–Trinajstić information content (AvgIpc) is 2.73. The van der Waals surface area contributed by atoms with Crippen LogP contribution in [0.5, 0.6) is 0 Å². The summed E-state index contributed by atoms with van der Waals surface area (Å²) < 4.78 is 5.54. The largest absolute Gasteiger partial charge is 0.407 e. The number of anilines is 1. The van der Waals surface area contributed by atoms with Gasteiger partial charge in [-0.2, -0.15) is 0 Å². The molecule has 0 aromatic carbocycles. The summed E-state index contributed by atoms with van der Waals surface area (Å²) in [5, 5.41) is 14.5. The third kappa shape index (κ3) is 7.15. The van der Waals surface area contributed by atoms with Gasteiger partial charge >= 0.3 is 6.01 Å². The highest BCUT2D eigenvalue weighted by atomic mass is 16.4. The molecule has 5 heteroatoms. The summed E-state index contributed by atoms with van der Waals surface area (Å²) in [5.74, 6) is 1.40. The molecular formula is C14H28N4O. The molecule has 0 aliphatic rings. The first-order chi connectivity index (χ1) is 8.97. The maximum absolute atomic E-state index is 5.54. The Morgan fingerprint density at radius 2 is 1.79 bits per heavy atom. The van der Waals surface area contributed by atoms with Gasteiger partial charge in [0.2, 0.25) is 5.89 Å². The summed E-state index contributed by atoms with van der Waals surface area (Å²) in [5.41, 5.74) is 0. The molecule has 0 saturated heterocycles. The summed E-state index contributed by atoms with van der Waals surface area (Å²) in [6, 6.07) is 1.31. The van der Waals surface area contributed by atoms with Gasteiger partial charge in [0.05, 0.1) is 6.54 Å². The minimum atomic E-state index is 0.366. The van der Waals surface area contributed by atoms with E-state index in [1.54, 1.807) is 0 Å². The van der Waals surface area contributed by atoms with Gasteiger partial charge in [-0.1, -0.05) is 45.6 Å². The molecule has 0 saturated carbocycles. The van der Waals surface area contributed by atoms with E-state index in [0.717, 1.165) is 12.3 Å². The molecule has 0 bridgehead atoms. The molecule has 19 heavy (non-hydrogen) atoms. The van der Waals surface area contributed by atoms with Gasteiger partial charge in [-0.05, 0) is 19.3 Å². The molecule has 0 radical (unpaired) electrons. The number of rotatable bonds is 9. The van der Waals surface area contributed by atoms with E-state index in [1.807, 2.05) is 0 Å². The smallest absolute Gasteiger partial charge is 0.315 e. The molecule has 1 aromatic rings. The van der Waals surface area contributed by atoms with E-state index in [2.05, 4.69) is 55.4 Å². The lowest BCUT2D eigenvalue weighted by Crippen LogP contribution is -2.21. The molecule has 1 aromatic heterocycles. The van der Waals surface area contributed by atoms with Crippen LogP contribution in [0.15, 0.2) is 4.42 Å². The molecule has 0 aliphatic heterocycles. The zero-order valence-corrected chi connectivity index (χ0v) is 12.9. The monoisotopic (exact) mass is 268 g/mol. The van der Waals surface area contributed by atoms with E-state index >= 15 is 0 Å². The molecule has 5 nitrogen and oxygen atoms in total. The van der Waals surface area contributed by atoms with Gasteiger partial charge in [-0.3, -0.25) is 0 Å².